The van der Waals surface area contributed by atoms with Gasteiger partial charge in [0.2, 0.25) is 0 Å². The van der Waals surface area contributed by atoms with Gasteiger partial charge in [-0.15, -0.1) is 0 Å². The van der Waals surface area contributed by atoms with E-state index in [9.17, 15) is 0 Å². The van der Waals surface area contributed by atoms with Crippen LogP contribution in [0.2, 0.25) is 0 Å². The second kappa shape index (κ2) is 13.4. The van der Waals surface area contributed by atoms with Gasteiger partial charge in [-0.1, -0.05) is 133 Å². The van der Waals surface area contributed by atoms with Crippen LogP contribution in [0.25, 0.3) is 38.8 Å². The first kappa shape index (κ1) is 31.4. The van der Waals surface area contributed by atoms with E-state index in [1.807, 2.05) is 12.1 Å². The van der Waals surface area contributed by atoms with Gasteiger partial charge in [0.05, 0.1) is 11.2 Å². The highest BCUT2D eigenvalue weighted by molar-refractivity contribution is 6.03. The molecule has 4 heteroatoms. The predicted octanol–water partition coefficient (Wildman–Crippen LogP) is 14.0. The van der Waals surface area contributed by atoms with E-state index in [1.165, 1.54) is 22.3 Å². The Hall–Kier alpha value is -7.30. The van der Waals surface area contributed by atoms with E-state index in [-0.39, 0.29) is 0 Å². The molecule has 4 nitrogen and oxygen atoms in total. The van der Waals surface area contributed by atoms with Gasteiger partial charge in [0.1, 0.15) is 0 Å². The van der Waals surface area contributed by atoms with Crippen molar-refractivity contribution in [3.63, 3.8) is 0 Å². The van der Waals surface area contributed by atoms with Crippen molar-refractivity contribution in [2.75, 3.05) is 9.80 Å². The van der Waals surface area contributed by atoms with Crippen molar-refractivity contribution < 1.29 is 4.74 Å². The minimum absolute atomic E-state index is 0.823. The molecule has 0 bridgehead atoms. The Morgan fingerprint density at radius 1 is 0.389 bits per heavy atom. The van der Waals surface area contributed by atoms with Crippen LogP contribution >= 0.6 is 0 Å². The summed E-state index contributed by atoms with van der Waals surface area (Å²) in [5, 5.41) is 1.03. The number of anilines is 6. The second-order valence-electron chi connectivity index (χ2n) is 13.4. The van der Waals surface area contributed by atoms with Gasteiger partial charge < -0.3 is 9.64 Å². The lowest BCUT2D eigenvalue weighted by atomic mass is 10.0. The Kier molecular flexibility index (Phi) is 7.77. The van der Waals surface area contributed by atoms with Gasteiger partial charge in [0.15, 0.2) is 17.3 Å². The zero-order valence-electron chi connectivity index (χ0n) is 29.5. The Balaban J connectivity index is 1.18. The fourth-order valence-electron chi connectivity index (χ4n) is 7.62. The first-order valence-corrected chi connectivity index (χ1v) is 18.3. The van der Waals surface area contributed by atoms with Crippen LogP contribution < -0.4 is 14.5 Å². The summed E-state index contributed by atoms with van der Waals surface area (Å²) in [6, 6.07) is 74.9. The van der Waals surface area contributed by atoms with E-state index in [1.54, 1.807) is 0 Å². The number of aromatic nitrogens is 1. The minimum atomic E-state index is 0.823. The normalized spacial score (nSPS) is 11.8. The van der Waals surface area contributed by atoms with Crippen molar-refractivity contribution in [1.29, 1.82) is 0 Å². The van der Waals surface area contributed by atoms with Crippen LogP contribution in [-0.4, -0.2) is 4.57 Å². The highest BCUT2D eigenvalue weighted by atomic mass is 16.5. The van der Waals surface area contributed by atoms with E-state index in [4.69, 9.17) is 4.74 Å². The molecule has 256 valence electrons. The molecule has 0 saturated carbocycles. The average Bonchev–Trinajstić information content (AvgIpc) is 3.57. The summed E-state index contributed by atoms with van der Waals surface area (Å²) >= 11 is 0. The second-order valence-corrected chi connectivity index (χ2v) is 13.4. The van der Waals surface area contributed by atoms with Crippen molar-refractivity contribution in [3.05, 3.63) is 212 Å². The standard InChI is InChI=1S/C50H35N3O/c1-5-15-36(16-6-1)38-25-29-42(30-26-38)51(43-31-27-39(28-32-43)37-17-7-2-8-18-37)44-33-34-45-47(35-44)53(41-21-11-4-12-22-41)50-49(45)54-48-24-14-13-23-46(48)52(50)40-19-9-3-10-20-40/h1-35H. The zero-order valence-corrected chi connectivity index (χ0v) is 29.5. The lowest BCUT2D eigenvalue weighted by Crippen LogP contribution is -2.18. The Labute approximate surface area is 315 Å². The number of hydrogen-bond acceptors (Lipinski definition) is 3. The predicted molar refractivity (Wildman–Crippen MR) is 224 cm³/mol. The summed E-state index contributed by atoms with van der Waals surface area (Å²) in [4.78, 5) is 4.66. The SMILES string of the molecule is c1ccc(-c2ccc(N(c3ccc(-c4ccccc4)cc3)c3ccc4c5c(n(-c6ccccc6)c4c3)N(c3ccccc3)c3ccccc3O5)cc2)cc1. The molecule has 0 amide bonds. The van der Waals surface area contributed by atoms with Crippen molar-refractivity contribution in [3.8, 4) is 39.4 Å². The summed E-state index contributed by atoms with van der Waals surface area (Å²) in [6.07, 6.45) is 0. The molecule has 0 saturated heterocycles. The molecule has 9 aromatic rings. The third kappa shape index (κ3) is 5.49. The van der Waals surface area contributed by atoms with E-state index >= 15 is 0 Å². The largest absolute Gasteiger partial charge is 0.451 e. The zero-order chi connectivity index (χ0) is 35.8. The summed E-state index contributed by atoms with van der Waals surface area (Å²) in [5.41, 5.74) is 12.1. The Morgan fingerprint density at radius 3 is 1.43 bits per heavy atom. The molecule has 2 heterocycles. The van der Waals surface area contributed by atoms with Crippen LogP contribution in [-0.2, 0) is 0 Å². The van der Waals surface area contributed by atoms with Crippen molar-refractivity contribution in [1.82, 2.24) is 4.57 Å². The smallest absolute Gasteiger partial charge is 0.178 e. The third-order valence-corrected chi connectivity index (χ3v) is 10.2. The van der Waals surface area contributed by atoms with Crippen LogP contribution in [0.4, 0.5) is 34.3 Å². The van der Waals surface area contributed by atoms with E-state index in [0.29, 0.717) is 0 Å². The molecule has 0 atom stereocenters. The number of fused-ring (bicyclic) bond motifs is 4. The Bertz CT molecular complexity index is 2620. The number of benzene rings is 8. The van der Waals surface area contributed by atoms with Crippen LogP contribution in [0, 0.1) is 0 Å². The quantitative estimate of drug-likeness (QED) is 0.166. The van der Waals surface area contributed by atoms with Gasteiger partial charge >= 0.3 is 0 Å². The molecule has 1 aliphatic heterocycles. The number of para-hydroxylation sites is 4. The molecular formula is C50H35N3O. The van der Waals surface area contributed by atoms with Crippen LogP contribution in [0.3, 0.4) is 0 Å². The average molecular weight is 694 g/mol. The van der Waals surface area contributed by atoms with Crippen molar-refractivity contribution in [2.45, 2.75) is 0 Å². The molecule has 0 aliphatic carbocycles. The fourth-order valence-corrected chi connectivity index (χ4v) is 7.62. The first-order chi connectivity index (χ1) is 26.8. The van der Waals surface area contributed by atoms with Crippen molar-refractivity contribution >= 4 is 45.2 Å². The van der Waals surface area contributed by atoms with Crippen LogP contribution in [0.1, 0.15) is 0 Å². The first-order valence-electron chi connectivity index (χ1n) is 18.3. The Morgan fingerprint density at radius 2 is 0.852 bits per heavy atom. The van der Waals surface area contributed by atoms with E-state index in [0.717, 1.165) is 62.3 Å². The van der Waals surface area contributed by atoms with Gasteiger partial charge in [-0.2, -0.15) is 0 Å². The molecule has 0 unspecified atom stereocenters. The highest BCUT2D eigenvalue weighted by Crippen LogP contribution is 2.55. The maximum absolute atomic E-state index is 6.85. The summed E-state index contributed by atoms with van der Waals surface area (Å²) in [5.74, 6) is 2.61. The van der Waals surface area contributed by atoms with Crippen LogP contribution in [0.15, 0.2) is 212 Å². The number of rotatable bonds is 7. The number of nitrogens with zero attached hydrogens (tertiary/aromatic N) is 3. The topological polar surface area (TPSA) is 20.6 Å². The molecule has 1 aromatic heterocycles. The lowest BCUT2D eigenvalue weighted by Gasteiger charge is -2.32. The van der Waals surface area contributed by atoms with Crippen molar-refractivity contribution in [2.24, 2.45) is 0 Å². The molecule has 0 fully saturated rings. The van der Waals surface area contributed by atoms with Gasteiger partial charge in [0.25, 0.3) is 0 Å². The van der Waals surface area contributed by atoms with Gasteiger partial charge in [-0.3, -0.25) is 9.47 Å². The lowest BCUT2D eigenvalue weighted by molar-refractivity contribution is 0.481. The molecule has 1 aliphatic rings. The maximum atomic E-state index is 6.85. The number of ether oxygens (including phenoxy) is 1. The van der Waals surface area contributed by atoms with E-state index < -0.39 is 0 Å². The van der Waals surface area contributed by atoms with E-state index in [2.05, 4.69) is 215 Å². The maximum Gasteiger partial charge on any atom is 0.178 e. The highest BCUT2D eigenvalue weighted by Gasteiger charge is 2.33. The molecule has 10 rings (SSSR count). The molecular weight excluding hydrogens is 659 g/mol. The number of hydrogen-bond donors (Lipinski definition) is 0. The van der Waals surface area contributed by atoms with Gasteiger partial charge in [-0.25, -0.2) is 0 Å². The molecule has 54 heavy (non-hydrogen) atoms. The van der Waals surface area contributed by atoms with Gasteiger partial charge in [-0.05, 0) is 101 Å². The summed E-state index contributed by atoms with van der Waals surface area (Å²) in [7, 11) is 0. The summed E-state index contributed by atoms with van der Waals surface area (Å²) < 4.78 is 9.19. The van der Waals surface area contributed by atoms with Crippen LogP contribution in [0.5, 0.6) is 11.5 Å². The fraction of sp³-hybridized carbons (Fsp3) is 0. The molecule has 0 radical (unpaired) electrons. The third-order valence-electron chi connectivity index (χ3n) is 10.2. The monoisotopic (exact) mass is 693 g/mol. The van der Waals surface area contributed by atoms with Gasteiger partial charge in [0, 0.05) is 33.8 Å². The molecule has 0 spiro atoms. The minimum Gasteiger partial charge on any atom is -0.451 e. The summed E-state index contributed by atoms with van der Waals surface area (Å²) in [6.45, 7) is 0. The molecule has 8 aromatic carbocycles. The molecule has 0 N–H and O–H groups in total.